The van der Waals surface area contributed by atoms with Crippen LogP contribution in [0.15, 0.2) is 42.5 Å². The van der Waals surface area contributed by atoms with Crippen LogP contribution >= 0.6 is 0 Å². The van der Waals surface area contributed by atoms with Crippen molar-refractivity contribution in [3.63, 3.8) is 0 Å². The highest BCUT2D eigenvalue weighted by atomic mass is 16.5. The topological polar surface area (TPSA) is 67.9 Å². The predicted molar refractivity (Wildman–Crippen MR) is 115 cm³/mol. The first-order valence-corrected chi connectivity index (χ1v) is 9.70. The number of para-hydroxylation sites is 1. The third-order valence-corrected chi connectivity index (χ3v) is 4.76. The van der Waals surface area contributed by atoms with E-state index in [9.17, 15) is 9.59 Å². The maximum atomic E-state index is 12.6. The van der Waals surface area contributed by atoms with Crippen molar-refractivity contribution in [2.45, 2.75) is 33.1 Å². The van der Waals surface area contributed by atoms with Gasteiger partial charge in [0.2, 0.25) is 11.8 Å². The number of nitrogens with zero attached hydrogens (tertiary/aromatic N) is 1. The number of carbonyl (C=O) groups is 2. The van der Waals surface area contributed by atoms with Crippen LogP contribution in [0.4, 0.5) is 5.69 Å². The zero-order chi connectivity index (χ0) is 21.4. The Kier molecular flexibility index (Phi) is 8.07. The standard InChI is InChI=1S/C23H30N2O4/c1-16(2)19-8-6-7-9-20(19)24-23(27)15-25(17(3)26)13-12-18-10-11-21(28-4)22(14-18)29-5/h6-11,14,16H,12-13,15H2,1-5H3,(H,24,27). The smallest absolute Gasteiger partial charge is 0.244 e. The van der Waals surface area contributed by atoms with Gasteiger partial charge in [-0.15, -0.1) is 0 Å². The summed E-state index contributed by atoms with van der Waals surface area (Å²) >= 11 is 0. The van der Waals surface area contributed by atoms with E-state index in [1.54, 1.807) is 19.1 Å². The monoisotopic (exact) mass is 398 g/mol. The van der Waals surface area contributed by atoms with Crippen molar-refractivity contribution in [1.82, 2.24) is 4.90 Å². The first kappa shape index (κ1) is 22.3. The second kappa shape index (κ2) is 10.5. The SMILES string of the molecule is COc1ccc(CCN(CC(=O)Nc2ccccc2C(C)C)C(C)=O)cc1OC. The number of amides is 2. The van der Waals surface area contributed by atoms with Gasteiger partial charge in [-0.3, -0.25) is 9.59 Å². The molecule has 0 fully saturated rings. The van der Waals surface area contributed by atoms with Crippen molar-refractivity contribution in [2.75, 3.05) is 32.6 Å². The minimum atomic E-state index is -0.208. The Morgan fingerprint density at radius 2 is 1.72 bits per heavy atom. The Balaban J connectivity index is 2.02. The fourth-order valence-corrected chi connectivity index (χ4v) is 3.13. The minimum absolute atomic E-state index is 0.00898. The maximum absolute atomic E-state index is 12.6. The molecule has 2 rings (SSSR count). The van der Waals surface area contributed by atoms with Crippen LogP contribution in [0.5, 0.6) is 11.5 Å². The molecule has 6 nitrogen and oxygen atoms in total. The maximum Gasteiger partial charge on any atom is 0.244 e. The minimum Gasteiger partial charge on any atom is -0.493 e. The van der Waals surface area contributed by atoms with Crippen molar-refractivity contribution in [2.24, 2.45) is 0 Å². The van der Waals surface area contributed by atoms with Crippen molar-refractivity contribution < 1.29 is 19.1 Å². The number of nitrogens with one attached hydrogen (secondary N) is 1. The van der Waals surface area contributed by atoms with Crippen LogP contribution in [-0.2, 0) is 16.0 Å². The second-order valence-corrected chi connectivity index (χ2v) is 7.17. The van der Waals surface area contributed by atoms with Gasteiger partial charge in [-0.2, -0.15) is 0 Å². The lowest BCUT2D eigenvalue weighted by molar-refractivity contribution is -0.132. The Morgan fingerprint density at radius 3 is 2.34 bits per heavy atom. The molecule has 0 aliphatic rings. The molecule has 0 radical (unpaired) electrons. The molecule has 2 amide bonds. The van der Waals surface area contributed by atoms with Gasteiger partial charge in [-0.25, -0.2) is 0 Å². The van der Waals surface area contributed by atoms with Gasteiger partial charge < -0.3 is 19.7 Å². The molecule has 0 saturated carbocycles. The molecule has 0 heterocycles. The molecular weight excluding hydrogens is 368 g/mol. The third-order valence-electron chi connectivity index (χ3n) is 4.76. The normalized spacial score (nSPS) is 10.6. The van der Waals surface area contributed by atoms with Crippen LogP contribution < -0.4 is 14.8 Å². The van der Waals surface area contributed by atoms with Crippen molar-refractivity contribution in [3.05, 3.63) is 53.6 Å². The lowest BCUT2D eigenvalue weighted by Gasteiger charge is -2.21. The predicted octanol–water partition coefficient (Wildman–Crippen LogP) is 3.86. The number of carbonyl (C=O) groups excluding carboxylic acids is 2. The van der Waals surface area contributed by atoms with Gasteiger partial charge in [0.25, 0.3) is 0 Å². The van der Waals surface area contributed by atoms with Crippen LogP contribution in [0, 0.1) is 0 Å². The van der Waals surface area contributed by atoms with Crippen molar-refractivity contribution in [3.8, 4) is 11.5 Å². The molecule has 156 valence electrons. The number of ether oxygens (including phenoxy) is 2. The number of benzene rings is 2. The van der Waals surface area contributed by atoms with E-state index >= 15 is 0 Å². The third kappa shape index (κ3) is 6.24. The van der Waals surface area contributed by atoms with Crippen LogP contribution in [0.3, 0.4) is 0 Å². The average molecular weight is 399 g/mol. The quantitative estimate of drug-likeness (QED) is 0.697. The second-order valence-electron chi connectivity index (χ2n) is 7.17. The molecule has 2 aromatic rings. The largest absolute Gasteiger partial charge is 0.493 e. The van der Waals surface area contributed by atoms with E-state index in [1.165, 1.54) is 6.92 Å². The van der Waals surface area contributed by atoms with Gasteiger partial charge in [0.15, 0.2) is 11.5 Å². The molecule has 0 spiro atoms. The van der Waals surface area contributed by atoms with Gasteiger partial charge in [-0.1, -0.05) is 38.1 Å². The molecule has 0 aromatic heterocycles. The summed E-state index contributed by atoms with van der Waals surface area (Å²) < 4.78 is 10.6. The van der Waals surface area contributed by atoms with Crippen LogP contribution in [0.25, 0.3) is 0 Å². The molecule has 0 unspecified atom stereocenters. The van der Waals surface area contributed by atoms with Gasteiger partial charge in [0.1, 0.15) is 0 Å². The highest BCUT2D eigenvalue weighted by Crippen LogP contribution is 2.28. The molecule has 0 atom stereocenters. The summed E-state index contributed by atoms with van der Waals surface area (Å²) in [5.41, 5.74) is 2.86. The van der Waals surface area contributed by atoms with Crippen molar-refractivity contribution in [1.29, 1.82) is 0 Å². The number of anilines is 1. The first-order valence-electron chi connectivity index (χ1n) is 9.70. The Morgan fingerprint density at radius 1 is 1.03 bits per heavy atom. The van der Waals surface area contributed by atoms with Crippen molar-refractivity contribution >= 4 is 17.5 Å². The Labute approximate surface area is 172 Å². The lowest BCUT2D eigenvalue weighted by atomic mass is 10.0. The molecule has 6 heteroatoms. The van der Waals surface area contributed by atoms with Gasteiger partial charge >= 0.3 is 0 Å². The zero-order valence-corrected chi connectivity index (χ0v) is 17.8. The number of rotatable bonds is 9. The summed E-state index contributed by atoms with van der Waals surface area (Å²) in [6.07, 6.45) is 0.607. The number of hydrogen-bond donors (Lipinski definition) is 1. The molecule has 2 aromatic carbocycles. The van der Waals surface area contributed by atoms with E-state index in [0.29, 0.717) is 30.4 Å². The first-order chi connectivity index (χ1) is 13.8. The van der Waals surface area contributed by atoms with Gasteiger partial charge in [-0.05, 0) is 41.7 Å². The van der Waals surface area contributed by atoms with Gasteiger partial charge in [0.05, 0.1) is 20.8 Å². The molecule has 0 bridgehead atoms. The van der Waals surface area contributed by atoms with E-state index < -0.39 is 0 Å². The summed E-state index contributed by atoms with van der Waals surface area (Å²) in [5, 5.41) is 2.94. The number of methoxy groups -OCH3 is 2. The number of hydrogen-bond acceptors (Lipinski definition) is 4. The molecular formula is C23H30N2O4. The van der Waals surface area contributed by atoms with Crippen LogP contribution in [-0.4, -0.2) is 44.0 Å². The van der Waals surface area contributed by atoms with E-state index in [0.717, 1.165) is 16.8 Å². The fourth-order valence-electron chi connectivity index (χ4n) is 3.13. The van der Waals surface area contributed by atoms with E-state index in [1.807, 2.05) is 42.5 Å². The Bertz CT molecular complexity index is 849. The summed E-state index contributed by atoms with van der Waals surface area (Å²) in [6.45, 7) is 6.08. The van der Waals surface area contributed by atoms with E-state index in [4.69, 9.17) is 9.47 Å². The molecule has 0 aliphatic heterocycles. The summed E-state index contributed by atoms with van der Waals surface area (Å²) in [4.78, 5) is 26.2. The lowest BCUT2D eigenvalue weighted by Crippen LogP contribution is -2.38. The summed E-state index contributed by atoms with van der Waals surface area (Å²) in [7, 11) is 3.17. The van der Waals surface area contributed by atoms with E-state index in [-0.39, 0.29) is 18.4 Å². The molecule has 1 N–H and O–H groups in total. The van der Waals surface area contributed by atoms with E-state index in [2.05, 4.69) is 19.2 Å². The average Bonchev–Trinajstić information content (AvgIpc) is 2.70. The molecule has 0 aliphatic carbocycles. The summed E-state index contributed by atoms with van der Waals surface area (Å²) in [5.74, 6) is 1.24. The summed E-state index contributed by atoms with van der Waals surface area (Å²) in [6, 6.07) is 13.4. The fraction of sp³-hybridized carbons (Fsp3) is 0.391. The molecule has 29 heavy (non-hydrogen) atoms. The zero-order valence-electron chi connectivity index (χ0n) is 17.8. The Hall–Kier alpha value is -3.02. The van der Waals surface area contributed by atoms with Crippen LogP contribution in [0.1, 0.15) is 37.8 Å². The highest BCUT2D eigenvalue weighted by molar-refractivity contribution is 5.95. The van der Waals surface area contributed by atoms with Gasteiger partial charge in [0, 0.05) is 19.2 Å². The highest BCUT2D eigenvalue weighted by Gasteiger charge is 2.16. The molecule has 0 saturated heterocycles. The van der Waals surface area contributed by atoms with Crippen LogP contribution in [0.2, 0.25) is 0 Å².